The van der Waals surface area contributed by atoms with Gasteiger partial charge in [0.05, 0.1) is 5.39 Å². The number of para-hydroxylation sites is 1. The zero-order valence-electron chi connectivity index (χ0n) is 18.4. The number of amides is 1. The molecule has 6 heteroatoms. The zero-order valence-corrected chi connectivity index (χ0v) is 18.4. The molecule has 2 aromatic carbocycles. The van der Waals surface area contributed by atoms with Gasteiger partial charge in [0.1, 0.15) is 0 Å². The number of benzene rings is 2. The summed E-state index contributed by atoms with van der Waals surface area (Å²) in [5, 5.41) is 6.96. The third-order valence-electron chi connectivity index (χ3n) is 6.57. The molecule has 1 aliphatic rings. The number of aromatic nitrogens is 3. The lowest BCUT2D eigenvalue weighted by Crippen LogP contribution is -2.39. The van der Waals surface area contributed by atoms with Crippen LogP contribution in [0.1, 0.15) is 54.7 Å². The van der Waals surface area contributed by atoms with Gasteiger partial charge in [0.2, 0.25) is 0 Å². The highest BCUT2D eigenvalue weighted by Crippen LogP contribution is 2.30. The number of likely N-dealkylation sites (tertiary alicyclic amines) is 1. The number of aryl methyl sites for hydroxylation is 1. The minimum Gasteiger partial charge on any atom is -0.358 e. The summed E-state index contributed by atoms with van der Waals surface area (Å²) in [5.41, 5.74) is 2.67. The van der Waals surface area contributed by atoms with Crippen LogP contribution in [-0.2, 0) is 6.54 Å². The Kier molecular flexibility index (Phi) is 5.52. The number of rotatable bonds is 5. The van der Waals surface area contributed by atoms with E-state index in [9.17, 15) is 9.59 Å². The second kappa shape index (κ2) is 8.61. The van der Waals surface area contributed by atoms with Crippen molar-refractivity contribution in [2.45, 2.75) is 45.1 Å². The van der Waals surface area contributed by atoms with Gasteiger partial charge in [0, 0.05) is 42.1 Å². The van der Waals surface area contributed by atoms with Crippen LogP contribution >= 0.6 is 0 Å². The van der Waals surface area contributed by atoms with Crippen molar-refractivity contribution in [3.8, 4) is 0 Å². The number of carbonyl (C=O) groups excluding carboxylic acids is 1. The van der Waals surface area contributed by atoms with E-state index in [0.29, 0.717) is 42.0 Å². The first-order valence-electron chi connectivity index (χ1n) is 11.5. The quantitative estimate of drug-likeness (QED) is 0.501. The van der Waals surface area contributed by atoms with Crippen LogP contribution in [0, 0.1) is 0 Å². The second-order valence-corrected chi connectivity index (χ2v) is 8.65. The fourth-order valence-corrected chi connectivity index (χ4v) is 4.71. The largest absolute Gasteiger partial charge is 0.358 e. The van der Waals surface area contributed by atoms with Gasteiger partial charge in [-0.1, -0.05) is 49.7 Å². The highest BCUT2D eigenvalue weighted by Gasteiger charge is 2.28. The number of aromatic amines is 1. The number of carbonyl (C=O) groups is 1. The van der Waals surface area contributed by atoms with Crippen molar-refractivity contribution in [3.63, 3.8) is 0 Å². The monoisotopic (exact) mass is 428 g/mol. The molecule has 0 bridgehead atoms. The van der Waals surface area contributed by atoms with E-state index in [2.05, 4.69) is 41.3 Å². The number of fused-ring (bicyclic) bond motifs is 2. The van der Waals surface area contributed by atoms with Gasteiger partial charge >= 0.3 is 0 Å². The Labute approximate surface area is 186 Å². The number of unbranched alkanes of at least 4 members (excludes halogenated alkanes) is 1. The number of H-pyrrole nitrogens is 1. The maximum Gasteiger partial charge on any atom is 0.274 e. The van der Waals surface area contributed by atoms with E-state index >= 15 is 0 Å². The molecule has 0 atom stereocenters. The molecule has 2 aromatic heterocycles. The summed E-state index contributed by atoms with van der Waals surface area (Å²) in [6.45, 7) is 3.98. The van der Waals surface area contributed by atoms with Crippen molar-refractivity contribution >= 4 is 27.6 Å². The van der Waals surface area contributed by atoms with Crippen LogP contribution < -0.4 is 5.56 Å². The van der Waals surface area contributed by atoms with E-state index < -0.39 is 0 Å². The van der Waals surface area contributed by atoms with E-state index in [-0.39, 0.29) is 11.5 Å². The van der Waals surface area contributed by atoms with Crippen LogP contribution in [0.5, 0.6) is 0 Å². The van der Waals surface area contributed by atoms with Crippen LogP contribution in [0.4, 0.5) is 0 Å². The zero-order chi connectivity index (χ0) is 22.1. The molecular formula is C26H28N4O2. The minimum absolute atomic E-state index is 0.0819. The Morgan fingerprint density at radius 3 is 2.53 bits per heavy atom. The van der Waals surface area contributed by atoms with E-state index in [1.807, 2.05) is 29.2 Å². The van der Waals surface area contributed by atoms with Crippen LogP contribution in [-0.4, -0.2) is 38.7 Å². The van der Waals surface area contributed by atoms with Gasteiger partial charge in [-0.25, -0.2) is 4.68 Å². The number of hydrogen-bond donors (Lipinski definition) is 1. The first-order chi connectivity index (χ1) is 15.7. The molecule has 5 rings (SSSR count). The molecule has 164 valence electrons. The Hall–Kier alpha value is -3.41. The molecule has 0 aliphatic carbocycles. The second-order valence-electron chi connectivity index (χ2n) is 8.65. The predicted octanol–water partition coefficient (Wildman–Crippen LogP) is 4.70. The highest BCUT2D eigenvalue weighted by molar-refractivity contribution is 6.04. The fourth-order valence-electron chi connectivity index (χ4n) is 4.71. The average molecular weight is 429 g/mol. The first kappa shape index (κ1) is 20.5. The van der Waals surface area contributed by atoms with Gasteiger partial charge < -0.3 is 9.88 Å². The molecule has 1 saturated heterocycles. The summed E-state index contributed by atoms with van der Waals surface area (Å²) in [7, 11) is 0. The maximum atomic E-state index is 13.5. The van der Waals surface area contributed by atoms with Gasteiger partial charge in [-0.3, -0.25) is 9.59 Å². The summed E-state index contributed by atoms with van der Waals surface area (Å²) in [6, 6.07) is 17.9. The summed E-state index contributed by atoms with van der Waals surface area (Å²) in [6.07, 6.45) is 3.64. The molecule has 1 N–H and O–H groups in total. The number of nitrogens with one attached hydrogen (secondary N) is 1. The van der Waals surface area contributed by atoms with Gasteiger partial charge in [-0.05, 0) is 42.8 Å². The lowest BCUT2D eigenvalue weighted by molar-refractivity contribution is 0.0705. The number of nitrogens with zero attached hydrogens (tertiary/aromatic N) is 3. The Morgan fingerprint density at radius 1 is 1.06 bits per heavy atom. The average Bonchev–Trinajstić information content (AvgIpc) is 3.28. The molecule has 1 aliphatic heterocycles. The van der Waals surface area contributed by atoms with Crippen molar-refractivity contribution < 1.29 is 4.79 Å². The Morgan fingerprint density at radius 2 is 1.78 bits per heavy atom. The molecule has 32 heavy (non-hydrogen) atoms. The van der Waals surface area contributed by atoms with Gasteiger partial charge in [-0.2, -0.15) is 5.10 Å². The third-order valence-corrected chi connectivity index (χ3v) is 6.57. The third kappa shape index (κ3) is 3.70. The Balaban J connectivity index is 1.39. The molecule has 0 saturated carbocycles. The van der Waals surface area contributed by atoms with E-state index in [1.54, 1.807) is 6.07 Å². The molecule has 1 fully saturated rings. The van der Waals surface area contributed by atoms with Crippen molar-refractivity contribution in [1.82, 2.24) is 19.7 Å². The predicted molar refractivity (Wildman–Crippen MR) is 127 cm³/mol. The maximum absolute atomic E-state index is 13.5. The number of piperidine rings is 1. The van der Waals surface area contributed by atoms with Crippen molar-refractivity contribution in [2.75, 3.05) is 13.1 Å². The van der Waals surface area contributed by atoms with Crippen LogP contribution in [0.2, 0.25) is 0 Å². The van der Waals surface area contributed by atoms with Crippen LogP contribution in [0.15, 0.2) is 59.4 Å². The fraction of sp³-hybridized carbons (Fsp3) is 0.346. The normalized spacial score (nSPS) is 15.0. The van der Waals surface area contributed by atoms with E-state index in [1.165, 1.54) is 15.8 Å². The summed E-state index contributed by atoms with van der Waals surface area (Å²) >= 11 is 0. The lowest BCUT2D eigenvalue weighted by atomic mass is 9.93. The summed E-state index contributed by atoms with van der Waals surface area (Å²) in [4.78, 5) is 31.7. The number of hydrogen-bond acceptors (Lipinski definition) is 3. The molecule has 0 spiro atoms. The smallest absolute Gasteiger partial charge is 0.274 e. The molecular weight excluding hydrogens is 400 g/mol. The topological polar surface area (TPSA) is 71.0 Å². The van der Waals surface area contributed by atoms with Crippen LogP contribution in [0.3, 0.4) is 0 Å². The van der Waals surface area contributed by atoms with Crippen LogP contribution in [0.25, 0.3) is 21.7 Å². The Bertz CT molecular complexity index is 1300. The van der Waals surface area contributed by atoms with Gasteiger partial charge in [-0.15, -0.1) is 0 Å². The first-order valence-corrected chi connectivity index (χ1v) is 11.5. The molecule has 4 aromatic rings. The molecule has 0 unspecified atom stereocenters. The minimum atomic E-state index is -0.122. The van der Waals surface area contributed by atoms with E-state index in [0.717, 1.165) is 31.2 Å². The lowest BCUT2D eigenvalue weighted by Gasteiger charge is -2.31. The summed E-state index contributed by atoms with van der Waals surface area (Å²) in [5.74, 6) is 0.330. The van der Waals surface area contributed by atoms with Gasteiger partial charge in [0.25, 0.3) is 11.5 Å². The molecule has 3 heterocycles. The SMILES string of the molecule is CCCCn1nc(C(=O)N2CCC(c3cc4ccccc4[nH]3)CC2)c2ccccc2c1=O. The molecule has 0 radical (unpaired) electrons. The summed E-state index contributed by atoms with van der Waals surface area (Å²) < 4.78 is 1.47. The van der Waals surface area contributed by atoms with Crippen molar-refractivity contribution in [1.29, 1.82) is 0 Å². The van der Waals surface area contributed by atoms with Crippen molar-refractivity contribution in [3.05, 3.63) is 76.3 Å². The van der Waals surface area contributed by atoms with Crippen molar-refractivity contribution in [2.24, 2.45) is 0 Å². The standard InChI is InChI=1S/C26H28N4O2/c1-2-3-14-30-25(31)21-10-6-5-9-20(21)24(28-30)26(32)29-15-12-18(13-16-29)23-17-19-8-4-7-11-22(19)27-23/h4-11,17-18,27H,2-3,12-16H2,1H3. The van der Waals surface area contributed by atoms with Gasteiger partial charge in [0.15, 0.2) is 5.69 Å². The highest BCUT2D eigenvalue weighted by atomic mass is 16.2. The van der Waals surface area contributed by atoms with E-state index in [4.69, 9.17) is 0 Å². The molecule has 1 amide bonds. The molecule has 6 nitrogen and oxygen atoms in total.